The Morgan fingerprint density at radius 2 is 1.06 bits per heavy atom. The minimum Gasteiger partial charge on any atom is -0.355 e. The van der Waals surface area contributed by atoms with Gasteiger partial charge in [0.2, 0.25) is 11.8 Å². The van der Waals surface area contributed by atoms with E-state index in [0.717, 1.165) is 22.3 Å². The molecule has 2 bridgehead atoms. The maximum absolute atomic E-state index is 13.0. The molecule has 1 aliphatic rings. The predicted molar refractivity (Wildman–Crippen MR) is 139 cm³/mol. The molecule has 4 N–H and O–H groups in total. The number of amides is 2. The largest absolute Gasteiger partial charge is 0.355 e. The molecule has 2 atom stereocenters. The van der Waals surface area contributed by atoms with Gasteiger partial charge in [0.05, 0.1) is 12.1 Å². The van der Waals surface area contributed by atoms with Gasteiger partial charge in [0, 0.05) is 26.2 Å². The van der Waals surface area contributed by atoms with Gasteiger partial charge in [0.15, 0.2) is 0 Å². The molecule has 3 aromatic rings. The lowest BCUT2D eigenvalue weighted by Crippen LogP contribution is -2.47. The first-order valence-electron chi connectivity index (χ1n) is 12.4. The second-order valence-electron chi connectivity index (χ2n) is 9.00. The topological polar surface area (TPSA) is 82.3 Å². The Morgan fingerprint density at radius 1 is 0.600 bits per heavy atom. The molecular formula is C29H34N4O2. The molecule has 1 heterocycles. The van der Waals surface area contributed by atoms with Crippen LogP contribution in [-0.4, -0.2) is 37.0 Å². The van der Waals surface area contributed by atoms with Crippen molar-refractivity contribution in [1.82, 2.24) is 21.3 Å². The fourth-order valence-electron chi connectivity index (χ4n) is 4.30. The van der Waals surface area contributed by atoms with E-state index in [4.69, 9.17) is 0 Å². The van der Waals surface area contributed by atoms with E-state index in [1.165, 1.54) is 0 Å². The van der Waals surface area contributed by atoms with Crippen molar-refractivity contribution in [3.63, 3.8) is 0 Å². The van der Waals surface area contributed by atoms with Crippen molar-refractivity contribution in [2.75, 3.05) is 13.1 Å². The quantitative estimate of drug-likeness (QED) is 0.473. The first kappa shape index (κ1) is 24.6. The van der Waals surface area contributed by atoms with Crippen LogP contribution in [0.25, 0.3) is 0 Å². The van der Waals surface area contributed by atoms with Crippen molar-refractivity contribution in [1.29, 1.82) is 0 Å². The second kappa shape index (κ2) is 12.8. The third-order valence-electron chi connectivity index (χ3n) is 6.25. The van der Waals surface area contributed by atoms with E-state index in [2.05, 4.69) is 39.5 Å². The number of benzene rings is 3. The summed E-state index contributed by atoms with van der Waals surface area (Å²) < 4.78 is 0. The van der Waals surface area contributed by atoms with Crippen molar-refractivity contribution >= 4 is 11.8 Å². The summed E-state index contributed by atoms with van der Waals surface area (Å²) in [5, 5.41) is 13.0. The summed E-state index contributed by atoms with van der Waals surface area (Å²) in [5.41, 5.74) is 4.44. The Balaban J connectivity index is 1.48. The summed E-state index contributed by atoms with van der Waals surface area (Å²) in [5.74, 6) is -0.0425. The Hall–Kier alpha value is -3.48. The molecule has 0 saturated carbocycles. The van der Waals surface area contributed by atoms with Crippen LogP contribution in [0.4, 0.5) is 0 Å². The minimum atomic E-state index is -0.336. The van der Waals surface area contributed by atoms with Gasteiger partial charge >= 0.3 is 0 Å². The van der Waals surface area contributed by atoms with Crippen LogP contribution in [0.5, 0.6) is 0 Å². The third-order valence-corrected chi connectivity index (χ3v) is 6.25. The molecule has 6 nitrogen and oxygen atoms in total. The van der Waals surface area contributed by atoms with Crippen LogP contribution in [-0.2, 0) is 35.5 Å². The lowest BCUT2D eigenvalue weighted by atomic mass is 10.0. The molecule has 0 aliphatic carbocycles. The van der Waals surface area contributed by atoms with Crippen LogP contribution in [0.3, 0.4) is 0 Å². The van der Waals surface area contributed by atoms with Crippen LogP contribution in [0.2, 0.25) is 0 Å². The molecule has 182 valence electrons. The number of carbonyl (C=O) groups is 2. The Kier molecular flexibility index (Phi) is 9.04. The molecule has 2 amide bonds. The lowest BCUT2D eigenvalue weighted by molar-refractivity contribution is -0.123. The molecule has 1 aliphatic heterocycles. The van der Waals surface area contributed by atoms with Crippen molar-refractivity contribution in [2.24, 2.45) is 0 Å². The molecule has 0 aromatic heterocycles. The van der Waals surface area contributed by atoms with Crippen molar-refractivity contribution < 1.29 is 9.59 Å². The number of hydrogen-bond donors (Lipinski definition) is 4. The molecule has 3 aromatic carbocycles. The molecule has 1 unspecified atom stereocenters. The van der Waals surface area contributed by atoms with Gasteiger partial charge in [-0.2, -0.15) is 0 Å². The zero-order valence-electron chi connectivity index (χ0n) is 20.0. The number of fused-ring (bicyclic) bond motifs is 2. The first-order valence-corrected chi connectivity index (χ1v) is 12.4. The fourth-order valence-corrected chi connectivity index (χ4v) is 4.30. The smallest absolute Gasteiger partial charge is 0.237 e. The van der Waals surface area contributed by atoms with E-state index in [1.807, 2.05) is 66.7 Å². The Bertz CT molecular complexity index is 1010. The summed E-state index contributed by atoms with van der Waals surface area (Å²) in [6.45, 7) is 2.20. The zero-order valence-corrected chi connectivity index (χ0v) is 20.0. The molecule has 6 heteroatoms. The van der Waals surface area contributed by atoms with Gasteiger partial charge in [-0.3, -0.25) is 9.59 Å². The normalized spacial score (nSPS) is 20.0. The Morgan fingerprint density at radius 3 is 1.51 bits per heavy atom. The monoisotopic (exact) mass is 470 g/mol. The van der Waals surface area contributed by atoms with Crippen LogP contribution >= 0.6 is 0 Å². The van der Waals surface area contributed by atoms with Gasteiger partial charge in [0.1, 0.15) is 0 Å². The van der Waals surface area contributed by atoms with Crippen LogP contribution in [0.15, 0.2) is 84.9 Å². The first-order chi connectivity index (χ1) is 17.2. The zero-order chi connectivity index (χ0) is 24.3. The van der Waals surface area contributed by atoms with Gasteiger partial charge in [-0.05, 0) is 41.5 Å². The van der Waals surface area contributed by atoms with E-state index in [-0.39, 0.29) is 23.9 Å². The van der Waals surface area contributed by atoms with E-state index in [9.17, 15) is 9.59 Å². The molecule has 0 radical (unpaired) electrons. The van der Waals surface area contributed by atoms with Crippen molar-refractivity contribution in [3.05, 3.63) is 107 Å². The maximum Gasteiger partial charge on any atom is 0.237 e. The predicted octanol–water partition coefficient (Wildman–Crippen LogP) is 2.72. The lowest BCUT2D eigenvalue weighted by Gasteiger charge is -2.21. The minimum absolute atomic E-state index is 0.0213. The highest BCUT2D eigenvalue weighted by atomic mass is 16.2. The van der Waals surface area contributed by atoms with Crippen molar-refractivity contribution in [2.45, 2.75) is 44.4 Å². The summed E-state index contributed by atoms with van der Waals surface area (Å²) >= 11 is 0. The van der Waals surface area contributed by atoms with Crippen LogP contribution in [0, 0.1) is 0 Å². The van der Waals surface area contributed by atoms with Gasteiger partial charge in [-0.25, -0.2) is 0 Å². The maximum atomic E-state index is 13.0. The van der Waals surface area contributed by atoms with E-state index in [1.54, 1.807) is 0 Å². The molecular weight excluding hydrogens is 436 g/mol. The highest BCUT2D eigenvalue weighted by molar-refractivity contribution is 5.82. The molecule has 0 fully saturated rings. The van der Waals surface area contributed by atoms with Gasteiger partial charge in [-0.1, -0.05) is 84.9 Å². The van der Waals surface area contributed by atoms with Crippen molar-refractivity contribution in [3.8, 4) is 0 Å². The highest BCUT2D eigenvalue weighted by Crippen LogP contribution is 2.10. The highest BCUT2D eigenvalue weighted by Gasteiger charge is 2.20. The number of rotatable bonds is 4. The standard InChI is InChI=1S/C29H34N4O2/c34-28-26(18-22-9-3-1-4-10-22)32-20-24-13-7-14-25(17-24)21-33-27(19-23-11-5-2-6-12-23)29(35)31-16-8-15-30-28/h1-7,9-14,17,26-27,32-33H,8,15-16,18-21H2,(H,30,34)(H,31,35)/t26-,27?/m0/s1. The summed E-state index contributed by atoms with van der Waals surface area (Å²) in [6.07, 6.45) is 1.91. The average Bonchev–Trinajstić information content (AvgIpc) is 2.89. The Labute approximate surface area is 207 Å². The summed E-state index contributed by atoms with van der Waals surface area (Å²) in [7, 11) is 0. The van der Waals surface area contributed by atoms with Gasteiger partial charge in [0.25, 0.3) is 0 Å². The third kappa shape index (κ3) is 7.77. The molecule has 35 heavy (non-hydrogen) atoms. The number of carbonyl (C=O) groups excluding carboxylic acids is 2. The summed E-state index contributed by atoms with van der Waals surface area (Å²) in [6, 6.07) is 27.7. The van der Waals surface area contributed by atoms with Crippen LogP contribution < -0.4 is 21.3 Å². The summed E-state index contributed by atoms with van der Waals surface area (Å²) in [4.78, 5) is 26.0. The number of hydrogen-bond acceptors (Lipinski definition) is 4. The van der Waals surface area contributed by atoms with Gasteiger partial charge < -0.3 is 21.3 Å². The molecule has 4 rings (SSSR count). The second-order valence-corrected chi connectivity index (χ2v) is 9.00. The van der Waals surface area contributed by atoms with E-state index < -0.39 is 0 Å². The van der Waals surface area contributed by atoms with E-state index >= 15 is 0 Å². The van der Waals surface area contributed by atoms with Crippen LogP contribution in [0.1, 0.15) is 28.7 Å². The van der Waals surface area contributed by atoms with E-state index in [0.29, 0.717) is 45.4 Å². The molecule has 0 spiro atoms. The number of nitrogens with one attached hydrogen (secondary N) is 4. The average molecular weight is 471 g/mol. The molecule has 0 saturated heterocycles. The SMILES string of the molecule is O=C1NCCCNC(=O)[C@H](Cc2ccccc2)NCc2cccc(c2)CNC1Cc1ccccc1. The van der Waals surface area contributed by atoms with Gasteiger partial charge in [-0.15, -0.1) is 0 Å². The fraction of sp³-hybridized carbons (Fsp3) is 0.310.